The fourth-order valence-corrected chi connectivity index (χ4v) is 3.68. The minimum Gasteiger partial charge on any atom is -0.382 e. The van der Waals surface area contributed by atoms with Crippen LogP contribution in [-0.4, -0.2) is 10.2 Å². The van der Waals surface area contributed by atoms with Gasteiger partial charge in [0.25, 0.3) is 0 Å². The summed E-state index contributed by atoms with van der Waals surface area (Å²) in [5.41, 5.74) is 7.64. The molecular weight excluding hydrogens is 356 g/mol. The summed E-state index contributed by atoms with van der Waals surface area (Å²) in [6, 6.07) is 6.35. The van der Waals surface area contributed by atoms with E-state index in [1.54, 1.807) is 18.2 Å². The number of nitrogens with two attached hydrogens (primary N) is 1. The number of nitrogens with zero attached hydrogens (tertiary/aromatic N) is 1. The smallest absolute Gasteiger partial charge is 0.153 e. The Morgan fingerprint density at radius 1 is 1.19 bits per heavy atom. The van der Waals surface area contributed by atoms with E-state index in [0.29, 0.717) is 25.5 Å². The molecule has 0 aliphatic rings. The summed E-state index contributed by atoms with van der Waals surface area (Å²) in [7, 11) is 0. The lowest BCUT2D eigenvalue weighted by molar-refractivity contribution is 0.632. The van der Waals surface area contributed by atoms with Gasteiger partial charge >= 0.3 is 0 Å². The zero-order chi connectivity index (χ0) is 15.1. The van der Waals surface area contributed by atoms with Gasteiger partial charge in [0.15, 0.2) is 5.82 Å². The van der Waals surface area contributed by atoms with Gasteiger partial charge in [-0.05, 0) is 12.1 Å². The zero-order valence-corrected chi connectivity index (χ0v) is 13.3. The van der Waals surface area contributed by atoms with Crippen LogP contribution in [0.1, 0.15) is 0 Å². The van der Waals surface area contributed by atoms with Crippen molar-refractivity contribution in [3.05, 3.63) is 43.8 Å². The van der Waals surface area contributed by atoms with Crippen LogP contribution in [0.4, 0.5) is 10.2 Å². The molecule has 0 aliphatic heterocycles. The van der Waals surface area contributed by atoms with Crippen LogP contribution < -0.4 is 5.73 Å². The largest absolute Gasteiger partial charge is 0.382 e. The fourth-order valence-electron chi connectivity index (χ4n) is 2.03. The molecule has 0 bridgehead atoms. The maximum Gasteiger partial charge on any atom is 0.153 e. The highest BCUT2D eigenvalue weighted by atomic mass is 35.5. The van der Waals surface area contributed by atoms with Crippen molar-refractivity contribution in [1.82, 2.24) is 10.2 Å². The van der Waals surface area contributed by atoms with E-state index in [-0.39, 0.29) is 16.4 Å². The molecule has 3 N–H and O–H groups in total. The van der Waals surface area contributed by atoms with Crippen LogP contribution in [0.15, 0.2) is 24.3 Å². The molecule has 8 heteroatoms. The number of hydrogen-bond donors (Lipinski definition) is 2. The van der Waals surface area contributed by atoms with Gasteiger partial charge in [0.1, 0.15) is 10.2 Å². The van der Waals surface area contributed by atoms with Crippen molar-refractivity contribution >= 4 is 52.0 Å². The van der Waals surface area contributed by atoms with Gasteiger partial charge < -0.3 is 5.73 Å². The molecule has 0 saturated carbocycles. The third-order valence-electron chi connectivity index (χ3n) is 2.94. The van der Waals surface area contributed by atoms with Gasteiger partial charge in [0, 0.05) is 11.1 Å². The SMILES string of the molecule is Nc1n[nH]c(-c2cc(Cl)sc2Cl)c1-c1cccc(Cl)c1F. The number of aromatic amines is 1. The van der Waals surface area contributed by atoms with Gasteiger partial charge in [0.2, 0.25) is 0 Å². The van der Waals surface area contributed by atoms with E-state index in [0.717, 1.165) is 0 Å². The number of rotatable bonds is 2. The number of aromatic nitrogens is 2. The highest BCUT2D eigenvalue weighted by molar-refractivity contribution is 7.20. The Balaban J connectivity index is 2.27. The lowest BCUT2D eigenvalue weighted by Gasteiger charge is -2.06. The maximum absolute atomic E-state index is 14.3. The second kappa shape index (κ2) is 5.50. The standard InChI is InChI=1S/C13H7Cl3FN3S/c14-7-3-1-2-5(10(7)17)9-11(19-20-13(9)18)6-4-8(15)21-12(6)16/h1-4H,(H3,18,19,20). The first-order valence-corrected chi connectivity index (χ1v) is 7.67. The highest BCUT2D eigenvalue weighted by Crippen LogP contribution is 2.43. The van der Waals surface area contributed by atoms with Gasteiger partial charge in [-0.25, -0.2) is 4.39 Å². The van der Waals surface area contributed by atoms with Gasteiger partial charge in [-0.1, -0.05) is 46.9 Å². The maximum atomic E-state index is 14.3. The van der Waals surface area contributed by atoms with Crippen molar-refractivity contribution in [2.24, 2.45) is 0 Å². The summed E-state index contributed by atoms with van der Waals surface area (Å²) >= 11 is 19.1. The Bertz CT molecular complexity index is 828. The Hall–Kier alpha value is -1.27. The van der Waals surface area contributed by atoms with E-state index in [1.807, 2.05) is 0 Å². The lowest BCUT2D eigenvalue weighted by Crippen LogP contribution is -1.92. The number of H-pyrrole nitrogens is 1. The van der Waals surface area contributed by atoms with Gasteiger partial charge in [-0.15, -0.1) is 11.3 Å². The summed E-state index contributed by atoms with van der Waals surface area (Å²) in [6.45, 7) is 0. The van der Waals surface area contributed by atoms with Crippen LogP contribution in [0, 0.1) is 5.82 Å². The third-order valence-corrected chi connectivity index (χ3v) is 4.72. The first-order chi connectivity index (χ1) is 9.99. The van der Waals surface area contributed by atoms with Crippen LogP contribution in [0.25, 0.3) is 22.4 Å². The molecule has 108 valence electrons. The van der Waals surface area contributed by atoms with E-state index in [2.05, 4.69) is 10.2 Å². The van der Waals surface area contributed by atoms with Crippen molar-refractivity contribution in [2.75, 3.05) is 5.73 Å². The molecule has 0 atom stereocenters. The van der Waals surface area contributed by atoms with Crippen molar-refractivity contribution in [3.63, 3.8) is 0 Å². The summed E-state index contributed by atoms with van der Waals surface area (Å²) in [4.78, 5) is 0. The van der Waals surface area contributed by atoms with Crippen molar-refractivity contribution in [3.8, 4) is 22.4 Å². The number of nitrogens with one attached hydrogen (secondary N) is 1. The molecule has 0 unspecified atom stereocenters. The molecule has 3 aromatic rings. The molecule has 2 heterocycles. The molecular formula is C13H7Cl3FN3S. The normalized spacial score (nSPS) is 11.0. The third kappa shape index (κ3) is 2.51. The van der Waals surface area contributed by atoms with Gasteiger partial charge in [-0.2, -0.15) is 5.10 Å². The van der Waals surface area contributed by atoms with Gasteiger partial charge in [0.05, 0.1) is 20.6 Å². The van der Waals surface area contributed by atoms with E-state index in [4.69, 9.17) is 40.5 Å². The number of benzene rings is 1. The van der Waals surface area contributed by atoms with Crippen LogP contribution in [0.3, 0.4) is 0 Å². The topological polar surface area (TPSA) is 54.7 Å². The van der Waals surface area contributed by atoms with Crippen molar-refractivity contribution in [2.45, 2.75) is 0 Å². The summed E-state index contributed by atoms with van der Waals surface area (Å²) in [6.07, 6.45) is 0. The van der Waals surface area contributed by atoms with E-state index >= 15 is 0 Å². The molecule has 0 amide bonds. The van der Waals surface area contributed by atoms with Crippen LogP contribution >= 0.6 is 46.1 Å². The predicted octanol–water partition coefficient (Wildman–Crippen LogP) is 5.49. The van der Waals surface area contributed by atoms with E-state index in [9.17, 15) is 4.39 Å². The Morgan fingerprint density at radius 2 is 1.95 bits per heavy atom. The number of thiophene rings is 1. The number of nitrogen functional groups attached to an aromatic ring is 1. The zero-order valence-electron chi connectivity index (χ0n) is 10.3. The van der Waals surface area contributed by atoms with Crippen molar-refractivity contribution < 1.29 is 4.39 Å². The molecule has 0 radical (unpaired) electrons. The summed E-state index contributed by atoms with van der Waals surface area (Å²) in [5.74, 6) is -0.407. The Kier molecular flexibility index (Phi) is 3.84. The molecule has 0 spiro atoms. The molecule has 21 heavy (non-hydrogen) atoms. The Labute approximate surface area is 138 Å². The fraction of sp³-hybridized carbons (Fsp3) is 0. The monoisotopic (exact) mass is 361 g/mol. The highest BCUT2D eigenvalue weighted by Gasteiger charge is 2.21. The lowest BCUT2D eigenvalue weighted by atomic mass is 10.0. The number of halogens is 4. The van der Waals surface area contributed by atoms with Crippen LogP contribution in [0.5, 0.6) is 0 Å². The van der Waals surface area contributed by atoms with Crippen LogP contribution in [0.2, 0.25) is 13.7 Å². The second-order valence-electron chi connectivity index (χ2n) is 4.20. The average Bonchev–Trinajstić information content (AvgIpc) is 2.96. The molecule has 0 fully saturated rings. The molecule has 0 aliphatic carbocycles. The Morgan fingerprint density at radius 3 is 2.62 bits per heavy atom. The summed E-state index contributed by atoms with van der Waals surface area (Å²) in [5, 5.41) is 6.71. The molecule has 1 aromatic carbocycles. The van der Waals surface area contributed by atoms with Crippen LogP contribution in [-0.2, 0) is 0 Å². The predicted molar refractivity (Wildman–Crippen MR) is 86.7 cm³/mol. The average molecular weight is 363 g/mol. The van der Waals surface area contributed by atoms with Crippen molar-refractivity contribution in [1.29, 1.82) is 0 Å². The molecule has 2 aromatic heterocycles. The minimum atomic E-state index is -0.564. The minimum absolute atomic E-state index is 0.00787. The molecule has 3 rings (SSSR count). The van der Waals surface area contributed by atoms with E-state index in [1.165, 1.54) is 17.4 Å². The van der Waals surface area contributed by atoms with E-state index < -0.39 is 5.82 Å². The number of hydrogen-bond acceptors (Lipinski definition) is 3. The number of anilines is 1. The second-order valence-corrected chi connectivity index (χ2v) is 6.89. The molecule has 0 saturated heterocycles. The molecule has 3 nitrogen and oxygen atoms in total. The quantitative estimate of drug-likeness (QED) is 0.633. The summed E-state index contributed by atoms with van der Waals surface area (Å²) < 4.78 is 15.2. The first-order valence-electron chi connectivity index (χ1n) is 5.72. The van der Waals surface area contributed by atoms with Gasteiger partial charge in [-0.3, -0.25) is 5.10 Å². The first kappa shape index (κ1) is 14.7.